The first-order valence-corrected chi connectivity index (χ1v) is 13.0. The van der Waals surface area contributed by atoms with Crippen LogP contribution in [0.5, 0.6) is 11.6 Å². The average molecular weight is 566 g/mol. The lowest BCUT2D eigenvalue weighted by Gasteiger charge is -2.56. The maximum Gasteiger partial charge on any atom is 0.417 e. The first kappa shape index (κ1) is 26.8. The highest BCUT2D eigenvalue weighted by Crippen LogP contribution is 2.37. The largest absolute Gasteiger partial charge is 0.489 e. The van der Waals surface area contributed by atoms with E-state index in [9.17, 15) is 23.5 Å². The highest BCUT2D eigenvalue weighted by atomic mass is 19.4. The van der Waals surface area contributed by atoms with Gasteiger partial charge in [-0.3, -0.25) is 4.90 Å². The third-order valence-electron chi connectivity index (χ3n) is 7.59. The molecule has 0 amide bonds. The van der Waals surface area contributed by atoms with Crippen molar-refractivity contribution in [2.24, 2.45) is 0 Å². The second kappa shape index (κ2) is 10.5. The van der Waals surface area contributed by atoms with Crippen molar-refractivity contribution in [3.8, 4) is 28.8 Å². The van der Waals surface area contributed by atoms with E-state index in [0.29, 0.717) is 40.2 Å². The van der Waals surface area contributed by atoms with Crippen molar-refractivity contribution in [2.45, 2.75) is 37.3 Å². The number of anilines is 1. The molecule has 3 fully saturated rings. The van der Waals surface area contributed by atoms with Crippen LogP contribution in [0.2, 0.25) is 0 Å². The maximum atomic E-state index is 12.8. The number of aromatic nitrogens is 4. The van der Waals surface area contributed by atoms with Crippen molar-refractivity contribution in [1.82, 2.24) is 24.5 Å². The number of fused-ring (bicyclic) bond motifs is 3. The van der Waals surface area contributed by atoms with Crippen molar-refractivity contribution in [1.29, 1.82) is 5.26 Å². The highest BCUT2D eigenvalue weighted by Gasteiger charge is 2.44. The van der Waals surface area contributed by atoms with Crippen LogP contribution in [-0.4, -0.2) is 80.8 Å². The second-order valence-corrected chi connectivity index (χ2v) is 10.2. The molecule has 2 unspecified atom stereocenters. The first-order chi connectivity index (χ1) is 19.7. The van der Waals surface area contributed by atoms with E-state index in [1.807, 2.05) is 30.5 Å². The Morgan fingerprint density at radius 2 is 1.93 bits per heavy atom. The van der Waals surface area contributed by atoms with E-state index in [-0.39, 0.29) is 5.75 Å². The molecule has 3 aliphatic heterocycles. The molecule has 7 rings (SSSR count). The van der Waals surface area contributed by atoms with E-state index in [0.717, 1.165) is 37.4 Å². The highest BCUT2D eigenvalue weighted by molar-refractivity contribution is 5.85. The zero-order valence-electron chi connectivity index (χ0n) is 22.0. The van der Waals surface area contributed by atoms with Crippen molar-refractivity contribution < 1.29 is 27.8 Å². The van der Waals surface area contributed by atoms with E-state index in [1.165, 1.54) is 23.0 Å². The summed E-state index contributed by atoms with van der Waals surface area (Å²) in [6.45, 7) is 1.53. The van der Waals surface area contributed by atoms with Gasteiger partial charge in [0.15, 0.2) is 6.10 Å². The summed E-state index contributed by atoms with van der Waals surface area (Å²) in [5.74, 6) is 1.48. The standard InChI is InChI=1S/C28H26F3N7O3/c1-40-26-5-2-17(9-34-26)12-37-20-6-21(37)14-36(13-20)25-4-3-18(10-33-25)23-7-22(41-16-24(39)28(29,30)31)15-38-27(23)19(8-32)11-35-38/h2-5,7,9-11,15,20-21,24,39H,6,12-14,16H2,1H3/t20?,21?,24-/m0/s1. The smallest absolute Gasteiger partial charge is 0.417 e. The first-order valence-electron chi connectivity index (χ1n) is 13.0. The molecule has 3 atom stereocenters. The van der Waals surface area contributed by atoms with Gasteiger partial charge in [-0.2, -0.15) is 23.5 Å². The average Bonchev–Trinajstić information content (AvgIpc) is 3.41. The number of nitriles is 1. The Hall–Kier alpha value is -4.41. The Bertz CT molecular complexity index is 1570. The van der Waals surface area contributed by atoms with E-state index in [1.54, 1.807) is 13.3 Å². The van der Waals surface area contributed by atoms with Crippen molar-refractivity contribution in [3.05, 3.63) is 66.2 Å². The van der Waals surface area contributed by atoms with Crippen molar-refractivity contribution in [3.63, 3.8) is 0 Å². The topological polar surface area (TPSA) is 112 Å². The summed E-state index contributed by atoms with van der Waals surface area (Å²) in [5, 5.41) is 23.1. The molecule has 4 aromatic heterocycles. The van der Waals surface area contributed by atoms with Gasteiger partial charge in [0.1, 0.15) is 24.2 Å². The second-order valence-electron chi connectivity index (χ2n) is 10.2. The summed E-state index contributed by atoms with van der Waals surface area (Å²) >= 11 is 0. The van der Waals surface area contributed by atoms with Crippen LogP contribution >= 0.6 is 0 Å². The molecule has 13 heteroatoms. The maximum absolute atomic E-state index is 12.8. The molecule has 4 aromatic rings. The number of alkyl halides is 3. The van der Waals surface area contributed by atoms with Gasteiger partial charge in [0.25, 0.3) is 0 Å². The fraction of sp³-hybridized carbons (Fsp3) is 0.357. The Labute approximate surface area is 233 Å². The minimum atomic E-state index is -4.80. The summed E-state index contributed by atoms with van der Waals surface area (Å²) in [5.41, 5.74) is 3.09. The minimum absolute atomic E-state index is 0.0655. The molecule has 3 saturated heterocycles. The molecule has 0 aromatic carbocycles. The number of aliphatic hydroxyl groups excluding tert-OH is 1. The summed E-state index contributed by atoms with van der Waals surface area (Å²) in [7, 11) is 1.60. The number of hydrogen-bond donors (Lipinski definition) is 1. The fourth-order valence-electron chi connectivity index (χ4n) is 5.45. The summed E-state index contributed by atoms with van der Waals surface area (Å²) in [4.78, 5) is 13.7. The third kappa shape index (κ3) is 5.23. The SMILES string of the molecule is COc1ccc(CN2C3CC2CN(c2ccc(-c4cc(OC[C@H](O)C(F)(F)F)cn5ncc(C#N)c45)cn2)C3)cn1. The van der Waals surface area contributed by atoms with Gasteiger partial charge in [-0.25, -0.2) is 14.5 Å². The van der Waals surface area contributed by atoms with Crippen LogP contribution < -0.4 is 14.4 Å². The fourth-order valence-corrected chi connectivity index (χ4v) is 5.45. The zero-order chi connectivity index (χ0) is 28.7. The van der Waals surface area contributed by atoms with Crippen LogP contribution in [0.4, 0.5) is 19.0 Å². The van der Waals surface area contributed by atoms with Gasteiger partial charge in [-0.05, 0) is 30.2 Å². The molecule has 0 saturated carbocycles. The normalized spacial score (nSPS) is 19.5. The molecule has 7 heterocycles. The molecule has 10 nitrogen and oxygen atoms in total. The van der Waals surface area contributed by atoms with Gasteiger partial charge in [-0.15, -0.1) is 0 Å². The molecule has 0 aliphatic carbocycles. The predicted octanol–water partition coefficient (Wildman–Crippen LogP) is 3.44. The number of piperazine rings is 1. The van der Waals surface area contributed by atoms with Crippen LogP contribution in [-0.2, 0) is 6.54 Å². The van der Waals surface area contributed by atoms with Gasteiger partial charge >= 0.3 is 6.18 Å². The van der Waals surface area contributed by atoms with Gasteiger partial charge in [0.05, 0.1) is 30.6 Å². The molecule has 2 bridgehead atoms. The van der Waals surface area contributed by atoms with Crippen LogP contribution in [0, 0.1) is 11.3 Å². The number of nitrogens with zero attached hydrogens (tertiary/aromatic N) is 7. The van der Waals surface area contributed by atoms with E-state index >= 15 is 0 Å². The number of ether oxygens (including phenoxy) is 2. The number of halogens is 3. The molecule has 212 valence electrons. The number of rotatable bonds is 8. The van der Waals surface area contributed by atoms with E-state index in [2.05, 4.69) is 30.9 Å². The van der Waals surface area contributed by atoms with Gasteiger partial charge in [0, 0.05) is 61.3 Å². The molecule has 3 aliphatic rings. The lowest BCUT2D eigenvalue weighted by atomic mass is 9.87. The zero-order valence-corrected chi connectivity index (χ0v) is 22.0. The summed E-state index contributed by atoms with van der Waals surface area (Å²) < 4.78 is 50.0. The Balaban J connectivity index is 1.18. The Kier molecular flexibility index (Phi) is 6.88. The minimum Gasteiger partial charge on any atom is -0.489 e. The Morgan fingerprint density at radius 3 is 2.56 bits per heavy atom. The quantitative estimate of drug-likeness (QED) is 0.343. The molecule has 0 radical (unpaired) electrons. The number of hydrogen-bond acceptors (Lipinski definition) is 9. The third-order valence-corrected chi connectivity index (χ3v) is 7.59. The van der Waals surface area contributed by atoms with E-state index < -0.39 is 18.9 Å². The van der Waals surface area contributed by atoms with Crippen LogP contribution in [0.3, 0.4) is 0 Å². The number of piperidine rings is 1. The van der Waals surface area contributed by atoms with Crippen molar-refractivity contribution >= 4 is 11.3 Å². The van der Waals surface area contributed by atoms with Gasteiger partial charge in [-0.1, -0.05) is 6.07 Å². The van der Waals surface area contributed by atoms with E-state index in [4.69, 9.17) is 9.47 Å². The molecular weight excluding hydrogens is 539 g/mol. The number of aliphatic hydroxyl groups is 1. The van der Waals surface area contributed by atoms with Gasteiger partial charge < -0.3 is 19.5 Å². The van der Waals surface area contributed by atoms with Crippen LogP contribution in [0.25, 0.3) is 16.6 Å². The lowest BCUT2D eigenvalue weighted by molar-refractivity contribution is -0.210. The monoisotopic (exact) mass is 565 g/mol. The summed E-state index contributed by atoms with van der Waals surface area (Å²) in [6, 6.07) is 12.1. The molecule has 41 heavy (non-hydrogen) atoms. The lowest BCUT2D eigenvalue weighted by Crippen LogP contribution is -2.68. The molecule has 1 N–H and O–H groups in total. The summed E-state index contributed by atoms with van der Waals surface area (Å²) in [6.07, 6.45) is -0.0296. The molecule has 0 spiro atoms. The van der Waals surface area contributed by atoms with Crippen LogP contribution in [0.1, 0.15) is 17.5 Å². The predicted molar refractivity (Wildman–Crippen MR) is 141 cm³/mol. The molecular formula is C28H26F3N7O3. The number of pyridine rings is 3. The van der Waals surface area contributed by atoms with Crippen LogP contribution in [0.15, 0.2) is 55.1 Å². The number of methoxy groups -OCH3 is 1. The van der Waals surface area contributed by atoms with Crippen molar-refractivity contribution in [2.75, 3.05) is 31.7 Å². The van der Waals surface area contributed by atoms with Gasteiger partial charge in [0.2, 0.25) is 5.88 Å². The Morgan fingerprint density at radius 1 is 1.12 bits per heavy atom.